The van der Waals surface area contributed by atoms with Gasteiger partial charge >= 0.3 is 0 Å². The summed E-state index contributed by atoms with van der Waals surface area (Å²) in [5, 5.41) is 6.97. The van der Waals surface area contributed by atoms with Crippen LogP contribution in [0.25, 0.3) is 17.0 Å². The average molecular weight is 352 g/mol. The standard InChI is InChI=1S/C19H24N6O/c1-3-26-12-15-7-14(8-21-15)23-18-11-20-9-16(24-18)17-10-22-19-6-13(2)4-5-25(17)19/h4-6,9-11,14-15,21H,3,7-8,12H2,1-2H3,(H,23,24)/t14-,15+/m1/s1. The molecule has 1 aliphatic rings. The molecule has 1 fully saturated rings. The maximum absolute atomic E-state index is 5.51. The molecule has 136 valence electrons. The lowest BCUT2D eigenvalue weighted by molar-refractivity contribution is 0.128. The van der Waals surface area contributed by atoms with Crippen LogP contribution in [0.4, 0.5) is 5.82 Å². The fourth-order valence-corrected chi connectivity index (χ4v) is 3.36. The minimum absolute atomic E-state index is 0.329. The van der Waals surface area contributed by atoms with Crippen LogP contribution in [0.2, 0.25) is 0 Å². The highest BCUT2D eigenvalue weighted by molar-refractivity contribution is 5.61. The molecule has 0 aromatic carbocycles. The zero-order valence-electron chi connectivity index (χ0n) is 15.1. The van der Waals surface area contributed by atoms with E-state index in [1.807, 2.05) is 23.7 Å². The van der Waals surface area contributed by atoms with Crippen molar-refractivity contribution in [2.24, 2.45) is 0 Å². The molecule has 0 saturated carbocycles. The summed E-state index contributed by atoms with van der Waals surface area (Å²) in [6.45, 7) is 6.49. The molecule has 2 atom stereocenters. The number of aryl methyl sites for hydroxylation is 1. The minimum Gasteiger partial charge on any atom is -0.380 e. The molecule has 2 N–H and O–H groups in total. The SMILES string of the molecule is CCOC[C@@H]1C[C@@H](Nc2cncc(-c3cnc4cc(C)ccn34)n2)CN1. The summed E-state index contributed by atoms with van der Waals surface area (Å²) in [6, 6.07) is 4.85. The van der Waals surface area contributed by atoms with Gasteiger partial charge in [-0.15, -0.1) is 0 Å². The van der Waals surface area contributed by atoms with Gasteiger partial charge in [-0.05, 0) is 38.0 Å². The minimum atomic E-state index is 0.329. The molecular weight excluding hydrogens is 328 g/mol. The zero-order valence-corrected chi connectivity index (χ0v) is 15.1. The molecule has 1 aliphatic heterocycles. The Labute approximate surface area is 152 Å². The van der Waals surface area contributed by atoms with Crippen molar-refractivity contribution in [2.45, 2.75) is 32.4 Å². The molecule has 0 radical (unpaired) electrons. The van der Waals surface area contributed by atoms with Crippen LogP contribution in [0.15, 0.2) is 36.9 Å². The fraction of sp³-hybridized carbons (Fsp3) is 0.421. The molecule has 26 heavy (non-hydrogen) atoms. The highest BCUT2D eigenvalue weighted by Crippen LogP contribution is 2.21. The van der Waals surface area contributed by atoms with Gasteiger partial charge in [0.25, 0.3) is 0 Å². The molecule has 0 amide bonds. The van der Waals surface area contributed by atoms with Crippen molar-refractivity contribution in [1.82, 2.24) is 24.7 Å². The van der Waals surface area contributed by atoms with Gasteiger partial charge in [-0.25, -0.2) is 9.97 Å². The summed E-state index contributed by atoms with van der Waals surface area (Å²) in [4.78, 5) is 13.6. The van der Waals surface area contributed by atoms with Crippen molar-refractivity contribution in [1.29, 1.82) is 0 Å². The molecule has 0 bridgehead atoms. The number of nitrogens with zero attached hydrogens (tertiary/aromatic N) is 4. The Morgan fingerprint density at radius 2 is 2.27 bits per heavy atom. The van der Waals surface area contributed by atoms with Crippen LogP contribution in [0.1, 0.15) is 18.9 Å². The van der Waals surface area contributed by atoms with Gasteiger partial charge in [0.15, 0.2) is 0 Å². The number of ether oxygens (including phenoxy) is 1. The van der Waals surface area contributed by atoms with Crippen molar-refractivity contribution in [3.05, 3.63) is 42.5 Å². The number of nitrogens with one attached hydrogen (secondary N) is 2. The molecule has 1 saturated heterocycles. The van der Waals surface area contributed by atoms with Crippen LogP contribution < -0.4 is 10.6 Å². The molecule has 3 aromatic heterocycles. The van der Waals surface area contributed by atoms with Crippen LogP contribution in [-0.2, 0) is 4.74 Å². The molecule has 3 aromatic rings. The number of rotatable bonds is 6. The second-order valence-electron chi connectivity index (χ2n) is 6.71. The van der Waals surface area contributed by atoms with E-state index in [-0.39, 0.29) is 0 Å². The summed E-state index contributed by atoms with van der Waals surface area (Å²) in [5.74, 6) is 0.786. The van der Waals surface area contributed by atoms with Crippen LogP contribution in [0.5, 0.6) is 0 Å². The maximum Gasteiger partial charge on any atom is 0.145 e. The van der Waals surface area contributed by atoms with Gasteiger partial charge < -0.3 is 15.4 Å². The Balaban J connectivity index is 1.50. The van der Waals surface area contributed by atoms with Gasteiger partial charge in [-0.3, -0.25) is 9.38 Å². The molecule has 4 rings (SSSR count). The van der Waals surface area contributed by atoms with Crippen LogP contribution in [0, 0.1) is 6.92 Å². The summed E-state index contributed by atoms with van der Waals surface area (Å²) in [5.41, 5.74) is 3.85. The van der Waals surface area contributed by atoms with Gasteiger partial charge in [0.05, 0.1) is 30.9 Å². The first kappa shape index (κ1) is 16.9. The molecule has 7 heteroatoms. The maximum atomic E-state index is 5.51. The van der Waals surface area contributed by atoms with Gasteiger partial charge in [-0.2, -0.15) is 0 Å². The van der Waals surface area contributed by atoms with E-state index in [2.05, 4.69) is 39.7 Å². The number of imidazole rings is 1. The number of fused-ring (bicyclic) bond motifs is 1. The Hall–Kier alpha value is -2.51. The highest BCUT2D eigenvalue weighted by Gasteiger charge is 2.24. The van der Waals surface area contributed by atoms with Gasteiger partial charge in [0.1, 0.15) is 17.2 Å². The number of aromatic nitrogens is 4. The zero-order chi connectivity index (χ0) is 17.9. The molecule has 0 spiro atoms. The number of hydrogen-bond donors (Lipinski definition) is 2. The molecule has 0 unspecified atom stereocenters. The van der Waals surface area contributed by atoms with E-state index < -0.39 is 0 Å². The van der Waals surface area contributed by atoms with E-state index in [1.54, 1.807) is 12.4 Å². The third-order valence-electron chi connectivity index (χ3n) is 4.66. The van der Waals surface area contributed by atoms with Gasteiger partial charge in [0, 0.05) is 31.4 Å². The van der Waals surface area contributed by atoms with E-state index in [4.69, 9.17) is 9.72 Å². The molecular formula is C19H24N6O. The fourth-order valence-electron chi connectivity index (χ4n) is 3.36. The van der Waals surface area contributed by atoms with Crippen molar-refractivity contribution in [3.8, 4) is 11.4 Å². The van der Waals surface area contributed by atoms with Crippen molar-refractivity contribution >= 4 is 11.5 Å². The molecule has 0 aliphatic carbocycles. The van der Waals surface area contributed by atoms with E-state index in [0.717, 1.165) is 49.0 Å². The Kier molecular flexibility index (Phi) is 4.81. The summed E-state index contributed by atoms with van der Waals surface area (Å²) in [6.07, 6.45) is 8.43. The summed E-state index contributed by atoms with van der Waals surface area (Å²) >= 11 is 0. The topological polar surface area (TPSA) is 76.4 Å². The first-order valence-electron chi connectivity index (χ1n) is 9.06. The first-order valence-corrected chi connectivity index (χ1v) is 9.06. The van der Waals surface area contributed by atoms with Gasteiger partial charge in [0.2, 0.25) is 0 Å². The lowest BCUT2D eigenvalue weighted by Gasteiger charge is -2.13. The first-order chi connectivity index (χ1) is 12.7. The van der Waals surface area contributed by atoms with Gasteiger partial charge in [-0.1, -0.05) is 0 Å². The van der Waals surface area contributed by atoms with Crippen LogP contribution in [-0.4, -0.2) is 51.2 Å². The third-order valence-corrected chi connectivity index (χ3v) is 4.66. The van der Waals surface area contributed by atoms with E-state index in [1.165, 1.54) is 5.56 Å². The lowest BCUT2D eigenvalue weighted by Crippen LogP contribution is -2.26. The van der Waals surface area contributed by atoms with Crippen molar-refractivity contribution < 1.29 is 4.74 Å². The molecule has 7 nitrogen and oxygen atoms in total. The second kappa shape index (κ2) is 7.39. The predicted molar refractivity (Wildman–Crippen MR) is 101 cm³/mol. The smallest absolute Gasteiger partial charge is 0.145 e. The largest absolute Gasteiger partial charge is 0.380 e. The summed E-state index contributed by atoms with van der Waals surface area (Å²) < 4.78 is 7.54. The van der Waals surface area contributed by atoms with Crippen molar-refractivity contribution in [3.63, 3.8) is 0 Å². The van der Waals surface area contributed by atoms with E-state index in [0.29, 0.717) is 12.1 Å². The Bertz CT molecular complexity index is 893. The third kappa shape index (κ3) is 3.54. The highest BCUT2D eigenvalue weighted by atomic mass is 16.5. The van der Waals surface area contributed by atoms with Crippen LogP contribution in [0.3, 0.4) is 0 Å². The lowest BCUT2D eigenvalue weighted by atomic mass is 10.2. The quantitative estimate of drug-likeness (QED) is 0.709. The predicted octanol–water partition coefficient (Wildman–Crippen LogP) is 2.28. The van der Waals surface area contributed by atoms with E-state index >= 15 is 0 Å². The Morgan fingerprint density at radius 3 is 3.15 bits per heavy atom. The normalized spacial score (nSPS) is 19.9. The average Bonchev–Trinajstić information content (AvgIpc) is 3.26. The van der Waals surface area contributed by atoms with Crippen molar-refractivity contribution in [2.75, 3.05) is 25.1 Å². The monoisotopic (exact) mass is 352 g/mol. The van der Waals surface area contributed by atoms with E-state index in [9.17, 15) is 0 Å². The Morgan fingerprint density at radius 1 is 1.35 bits per heavy atom. The van der Waals surface area contributed by atoms with Crippen LogP contribution >= 0.6 is 0 Å². The number of hydrogen-bond acceptors (Lipinski definition) is 6. The number of anilines is 1. The molecule has 4 heterocycles. The summed E-state index contributed by atoms with van der Waals surface area (Å²) in [7, 11) is 0. The second-order valence-corrected chi connectivity index (χ2v) is 6.71. The number of pyridine rings is 1.